The van der Waals surface area contributed by atoms with Crippen molar-refractivity contribution in [3.8, 4) is 27.9 Å². The molecule has 8 rings (SSSR count). The van der Waals surface area contributed by atoms with E-state index in [1.807, 2.05) is 18.2 Å². The number of nitrogens with zero attached hydrogens (tertiary/aromatic N) is 2. The molecule has 0 saturated heterocycles. The Hall–Kier alpha value is -6.64. The average molecular weight is 669 g/mol. The van der Waals surface area contributed by atoms with Crippen LogP contribution in [0.1, 0.15) is 13.8 Å². The molecule has 0 bridgehead atoms. The second-order valence-corrected chi connectivity index (χ2v) is 13.0. The van der Waals surface area contributed by atoms with Crippen molar-refractivity contribution in [2.24, 2.45) is 0 Å². The van der Waals surface area contributed by atoms with E-state index in [4.69, 9.17) is 0 Å². The first kappa shape index (κ1) is 32.6. The van der Waals surface area contributed by atoms with E-state index in [-0.39, 0.29) is 0 Å². The zero-order chi connectivity index (χ0) is 35.6. The molecule has 0 N–H and O–H groups in total. The average Bonchev–Trinajstić information content (AvgIpc) is 3.71. The third-order valence-corrected chi connectivity index (χ3v) is 10.0. The van der Waals surface area contributed by atoms with Crippen LogP contribution >= 0.6 is 0 Å². The Balaban J connectivity index is 1.27. The molecule has 0 saturated carbocycles. The topological polar surface area (TPSA) is 9.86 Å². The standard InChI is InChI=1S/C50H40N2/c1-5-8-10-19-36(6-2)37(7-3)32-35(4)51-47-26-17-14-23-42(47)44-33-39(28-30-49(44)51)40-29-31-50-45(34-40)43-24-15-18-27-48(43)52(50)46-25-16-13-22-41(46)38-20-11-9-12-21-38/h5-34H,1-2H2,3-4H3/b10-8-,35-32+,36-19+,37-7+. The van der Waals surface area contributed by atoms with Crippen LogP contribution in [-0.4, -0.2) is 9.13 Å². The van der Waals surface area contributed by atoms with Gasteiger partial charge < -0.3 is 9.13 Å². The van der Waals surface area contributed by atoms with Crippen molar-refractivity contribution in [2.45, 2.75) is 13.8 Å². The molecule has 0 aliphatic heterocycles. The Morgan fingerprint density at radius 1 is 0.538 bits per heavy atom. The zero-order valence-corrected chi connectivity index (χ0v) is 29.6. The van der Waals surface area contributed by atoms with Gasteiger partial charge in [0.05, 0.1) is 27.8 Å². The van der Waals surface area contributed by atoms with E-state index in [0.29, 0.717) is 0 Å². The van der Waals surface area contributed by atoms with Gasteiger partial charge in [-0.25, -0.2) is 0 Å². The molecule has 0 atom stereocenters. The van der Waals surface area contributed by atoms with Crippen molar-refractivity contribution in [1.82, 2.24) is 9.13 Å². The molecular weight excluding hydrogens is 629 g/mol. The van der Waals surface area contributed by atoms with Crippen LogP contribution in [0.5, 0.6) is 0 Å². The van der Waals surface area contributed by atoms with Gasteiger partial charge in [0.15, 0.2) is 0 Å². The minimum atomic E-state index is 1.06. The Bertz CT molecular complexity index is 2780. The normalized spacial score (nSPS) is 12.8. The highest BCUT2D eigenvalue weighted by Crippen LogP contribution is 2.40. The lowest BCUT2D eigenvalue weighted by atomic mass is 10.0. The quantitative estimate of drug-likeness (QED) is 0.136. The maximum absolute atomic E-state index is 4.08. The number of fused-ring (bicyclic) bond motifs is 6. The minimum absolute atomic E-state index is 1.06. The number of hydrogen-bond donors (Lipinski definition) is 0. The summed E-state index contributed by atoms with van der Waals surface area (Å²) < 4.78 is 4.80. The predicted octanol–water partition coefficient (Wildman–Crippen LogP) is 13.9. The van der Waals surface area contributed by atoms with Crippen molar-refractivity contribution in [2.75, 3.05) is 0 Å². The van der Waals surface area contributed by atoms with Gasteiger partial charge in [0.2, 0.25) is 0 Å². The van der Waals surface area contributed by atoms with Crippen LogP contribution in [0.4, 0.5) is 0 Å². The molecule has 0 aliphatic carbocycles. The molecule has 52 heavy (non-hydrogen) atoms. The molecule has 2 heteroatoms. The Morgan fingerprint density at radius 3 is 1.83 bits per heavy atom. The first-order valence-electron chi connectivity index (χ1n) is 17.8. The summed E-state index contributed by atoms with van der Waals surface area (Å²) in [7, 11) is 0. The number of hydrogen-bond acceptors (Lipinski definition) is 0. The number of aromatic nitrogens is 2. The van der Waals surface area contributed by atoms with E-state index in [1.54, 1.807) is 6.08 Å². The van der Waals surface area contributed by atoms with Gasteiger partial charge in [-0.15, -0.1) is 0 Å². The third-order valence-electron chi connectivity index (χ3n) is 10.0. The van der Waals surface area contributed by atoms with Gasteiger partial charge in [0, 0.05) is 32.8 Å². The van der Waals surface area contributed by atoms with Gasteiger partial charge in [-0.05, 0) is 90.2 Å². The first-order valence-corrected chi connectivity index (χ1v) is 17.8. The van der Waals surface area contributed by atoms with E-state index in [2.05, 4.69) is 194 Å². The maximum atomic E-state index is 4.08. The molecule has 2 aromatic heterocycles. The summed E-state index contributed by atoms with van der Waals surface area (Å²) in [6.07, 6.45) is 14.1. The molecule has 0 aliphatic rings. The van der Waals surface area contributed by atoms with Gasteiger partial charge in [-0.3, -0.25) is 0 Å². The fourth-order valence-electron chi connectivity index (χ4n) is 7.62. The first-order chi connectivity index (χ1) is 25.6. The Kier molecular flexibility index (Phi) is 8.73. The van der Waals surface area contributed by atoms with Crippen molar-refractivity contribution >= 4 is 49.3 Å². The highest BCUT2D eigenvalue weighted by molar-refractivity contribution is 6.13. The summed E-state index contributed by atoms with van der Waals surface area (Å²) in [6.45, 7) is 12.1. The highest BCUT2D eigenvalue weighted by Gasteiger charge is 2.17. The van der Waals surface area contributed by atoms with Gasteiger partial charge in [0.25, 0.3) is 0 Å². The molecule has 0 spiro atoms. The molecule has 8 aromatic rings. The fourth-order valence-corrected chi connectivity index (χ4v) is 7.62. The van der Waals surface area contributed by atoms with E-state index >= 15 is 0 Å². The summed E-state index contributed by atoms with van der Waals surface area (Å²) in [5.74, 6) is 0. The molecule has 0 fully saturated rings. The predicted molar refractivity (Wildman–Crippen MR) is 226 cm³/mol. The summed E-state index contributed by atoms with van der Waals surface area (Å²) >= 11 is 0. The number of allylic oxidation sites excluding steroid dienone is 10. The lowest BCUT2D eigenvalue weighted by Crippen LogP contribution is -1.97. The van der Waals surface area contributed by atoms with Crippen molar-refractivity contribution < 1.29 is 0 Å². The Morgan fingerprint density at radius 2 is 1.12 bits per heavy atom. The van der Waals surface area contributed by atoms with Gasteiger partial charge in [0.1, 0.15) is 0 Å². The third kappa shape index (κ3) is 5.65. The summed E-state index contributed by atoms with van der Waals surface area (Å²) in [5.41, 5.74) is 14.1. The summed E-state index contributed by atoms with van der Waals surface area (Å²) in [6, 6.07) is 50.7. The van der Waals surface area contributed by atoms with Gasteiger partial charge in [-0.2, -0.15) is 0 Å². The smallest absolute Gasteiger partial charge is 0.0541 e. The molecule has 0 unspecified atom stereocenters. The summed E-state index contributed by atoms with van der Waals surface area (Å²) in [5, 5.41) is 4.95. The number of para-hydroxylation sites is 3. The highest BCUT2D eigenvalue weighted by atomic mass is 15.0. The van der Waals surface area contributed by atoms with Crippen molar-refractivity contribution in [1.29, 1.82) is 0 Å². The van der Waals surface area contributed by atoms with E-state index < -0.39 is 0 Å². The lowest BCUT2D eigenvalue weighted by Gasteiger charge is -2.14. The number of rotatable bonds is 9. The van der Waals surface area contributed by atoms with E-state index in [0.717, 1.165) is 16.8 Å². The largest absolute Gasteiger partial charge is 0.313 e. The van der Waals surface area contributed by atoms with Crippen LogP contribution in [0.25, 0.3) is 77.2 Å². The van der Waals surface area contributed by atoms with Crippen molar-refractivity contribution in [3.05, 3.63) is 206 Å². The molecule has 6 aromatic carbocycles. The zero-order valence-electron chi connectivity index (χ0n) is 29.6. The molecule has 2 nitrogen and oxygen atoms in total. The van der Waals surface area contributed by atoms with Crippen molar-refractivity contribution in [3.63, 3.8) is 0 Å². The minimum Gasteiger partial charge on any atom is -0.313 e. The molecular formula is C50H40N2. The van der Waals surface area contributed by atoms with Gasteiger partial charge >= 0.3 is 0 Å². The van der Waals surface area contributed by atoms with Crippen LogP contribution in [-0.2, 0) is 0 Å². The second-order valence-electron chi connectivity index (χ2n) is 13.0. The molecule has 0 radical (unpaired) electrons. The molecule has 250 valence electrons. The lowest BCUT2D eigenvalue weighted by molar-refractivity contribution is 1.18. The summed E-state index contributed by atoms with van der Waals surface area (Å²) in [4.78, 5) is 0. The molecule has 2 heterocycles. The van der Waals surface area contributed by atoms with Crippen LogP contribution in [0.3, 0.4) is 0 Å². The van der Waals surface area contributed by atoms with E-state index in [9.17, 15) is 0 Å². The second kappa shape index (κ2) is 13.9. The molecule has 0 amide bonds. The van der Waals surface area contributed by atoms with Crippen LogP contribution in [0, 0.1) is 0 Å². The van der Waals surface area contributed by atoms with Crippen LogP contribution < -0.4 is 0 Å². The maximum Gasteiger partial charge on any atom is 0.0541 e. The van der Waals surface area contributed by atoms with Gasteiger partial charge in [-0.1, -0.05) is 147 Å². The fraction of sp³-hybridized carbons (Fsp3) is 0.0400. The van der Waals surface area contributed by atoms with Crippen LogP contribution in [0.15, 0.2) is 206 Å². The van der Waals surface area contributed by atoms with E-state index in [1.165, 1.54) is 71.6 Å². The van der Waals surface area contributed by atoms with Crippen LogP contribution in [0.2, 0.25) is 0 Å². The SMILES string of the molecule is C=C\C=C/C=C(C=C)/C(=C/C)/C=C(\C)n1c2ccccc2c2cc(-c3ccc4c(c3)c3ccccc3n4-c3ccccc3-c3ccccc3)ccc21. The Labute approximate surface area is 305 Å². The monoisotopic (exact) mass is 668 g/mol. The number of benzene rings is 6.